The van der Waals surface area contributed by atoms with Crippen LogP contribution in [0.3, 0.4) is 0 Å². The normalized spacial score (nSPS) is 1.00. The summed E-state index contributed by atoms with van der Waals surface area (Å²) >= 11 is 4.50. The smallest absolute Gasteiger partial charge is 0 e. The van der Waals surface area contributed by atoms with E-state index >= 15 is 0 Å². The summed E-state index contributed by atoms with van der Waals surface area (Å²) in [6, 6.07) is 0. The van der Waals surface area contributed by atoms with E-state index < -0.39 is 0 Å². The third kappa shape index (κ3) is 9.15. The molecular formula is H3GeNSbSe. The first-order chi connectivity index (χ1) is 1.00. The van der Waals surface area contributed by atoms with Crippen molar-refractivity contribution in [3.05, 3.63) is 0 Å². The Kier molecular flexibility index (Phi) is 89.4. The average Bonchev–Trinajstić information content (AvgIpc) is 1.00. The van der Waals surface area contributed by atoms with Crippen LogP contribution in [0, 0.1) is 0 Å². The second kappa shape index (κ2) is 21.1. The maximum Gasteiger partial charge on any atom is 0 e. The van der Waals surface area contributed by atoms with Crippen molar-refractivity contribution in [1.29, 1.82) is 0 Å². The van der Waals surface area contributed by atoms with Gasteiger partial charge in [-0.2, -0.15) is 0 Å². The third-order valence-corrected chi connectivity index (χ3v) is 0. The van der Waals surface area contributed by atoms with Crippen LogP contribution in [0.1, 0.15) is 0 Å². The molecule has 4 heavy (non-hydrogen) atoms. The zero-order valence-corrected chi connectivity index (χ0v) is 8.43. The van der Waals surface area contributed by atoms with Crippen LogP contribution >= 0.6 is 0 Å². The molecule has 0 aliphatic heterocycles. The Morgan fingerprint density at radius 3 is 1.25 bits per heavy atom. The maximum absolute atomic E-state index is 2.62. The number of hydrogen-bond donors (Lipinski definition) is 1. The average molecular weight is 290 g/mol. The topological polar surface area (TPSA) is 35.0 Å². The molecule has 0 unspecified atom stereocenters. The molecular weight excluding hydrogens is 287 g/mol. The minimum Gasteiger partial charge on any atom is 0 e. The van der Waals surface area contributed by atoms with Gasteiger partial charge in [0.2, 0.25) is 0 Å². The number of rotatable bonds is 0. The molecule has 0 spiro atoms. The van der Waals surface area contributed by atoms with Gasteiger partial charge in [-0.05, 0) is 0 Å². The van der Waals surface area contributed by atoms with E-state index in [9.17, 15) is 0 Å². The molecule has 0 bridgehead atoms. The van der Waals surface area contributed by atoms with Crippen LogP contribution in [0.5, 0.6) is 0 Å². The van der Waals surface area contributed by atoms with Crippen LogP contribution in [0.25, 0.3) is 0 Å². The maximum atomic E-state index is 2.62. The predicted molar refractivity (Wildman–Crippen MR) is 22.3 cm³/mol. The van der Waals surface area contributed by atoms with E-state index in [1.165, 1.54) is 0 Å². The number of hydrogen-bond acceptors (Lipinski definition) is 1. The van der Waals surface area contributed by atoms with Gasteiger partial charge < -0.3 is 6.15 Å². The van der Waals surface area contributed by atoms with Crippen molar-refractivity contribution < 1.29 is 0 Å². The van der Waals surface area contributed by atoms with Gasteiger partial charge in [-0.3, -0.25) is 0 Å². The molecule has 0 atom stereocenters. The summed E-state index contributed by atoms with van der Waals surface area (Å²) in [6.07, 6.45) is 0. The Morgan fingerprint density at radius 2 is 1.25 bits per heavy atom. The van der Waals surface area contributed by atoms with Gasteiger partial charge in [0.05, 0.1) is 0 Å². The van der Waals surface area contributed by atoms with Gasteiger partial charge in [-0.25, -0.2) is 0 Å². The van der Waals surface area contributed by atoms with E-state index in [-0.39, 0.29) is 30.6 Å². The van der Waals surface area contributed by atoms with Crippen molar-refractivity contribution in [3.8, 4) is 0 Å². The Balaban J connectivity index is -0.00000000500. The van der Waals surface area contributed by atoms with Crippen LogP contribution < -0.4 is 6.15 Å². The molecule has 0 aliphatic carbocycles. The van der Waals surface area contributed by atoms with Gasteiger partial charge in [-0.1, -0.05) is 0 Å². The summed E-state index contributed by atoms with van der Waals surface area (Å²) in [7, 11) is 0. The molecule has 0 saturated carbocycles. The van der Waals surface area contributed by atoms with E-state index in [1.807, 2.05) is 14.1 Å². The molecule has 0 aromatic heterocycles. The molecule has 0 rings (SSSR count). The van der Waals surface area contributed by atoms with Gasteiger partial charge in [-0.15, -0.1) is 0 Å². The van der Waals surface area contributed by atoms with Gasteiger partial charge in [0.15, 0.2) is 0 Å². The zero-order valence-electron chi connectivity index (χ0n) is 2.06. The van der Waals surface area contributed by atoms with Crippen molar-refractivity contribution in [2.45, 2.75) is 0 Å². The Labute approximate surface area is 57.8 Å². The summed E-state index contributed by atoms with van der Waals surface area (Å²) < 4.78 is 0. The van der Waals surface area contributed by atoms with E-state index in [2.05, 4.69) is 13.5 Å². The van der Waals surface area contributed by atoms with Crippen LogP contribution in [-0.2, 0) is 0 Å². The molecule has 0 heterocycles. The van der Waals surface area contributed by atoms with Crippen LogP contribution in [0.15, 0.2) is 0 Å². The fourth-order valence-corrected chi connectivity index (χ4v) is 0. The molecule has 0 aliphatic rings. The summed E-state index contributed by atoms with van der Waals surface area (Å²) in [4.78, 5) is 0. The Bertz CT molecular complexity index is 8.00. The van der Waals surface area contributed by atoms with Crippen molar-refractivity contribution in [3.63, 3.8) is 0 Å². The van der Waals surface area contributed by atoms with Gasteiger partial charge in [0.1, 0.15) is 0 Å². The predicted octanol–water partition coefficient (Wildman–Crippen LogP) is -0.980. The van der Waals surface area contributed by atoms with Crippen molar-refractivity contribution >= 4 is 52.1 Å². The van der Waals surface area contributed by atoms with E-state index in [0.717, 1.165) is 0 Å². The quantitative estimate of drug-likeness (QED) is 0.572. The van der Waals surface area contributed by atoms with E-state index in [1.54, 1.807) is 0 Å². The molecule has 4 heteroatoms. The minimum absolute atomic E-state index is 0. The fourth-order valence-electron chi connectivity index (χ4n) is 0. The summed E-state index contributed by atoms with van der Waals surface area (Å²) in [5, 5.41) is 0. The monoisotopic (exact) mass is 292 g/mol. The van der Waals surface area contributed by atoms with Crippen LogP contribution in [0.4, 0.5) is 0 Å². The minimum atomic E-state index is 0. The van der Waals surface area contributed by atoms with E-state index in [4.69, 9.17) is 0 Å². The first-order valence-electron chi connectivity index (χ1n) is 0.204. The molecule has 0 aromatic rings. The third-order valence-electron chi connectivity index (χ3n) is 0. The molecule has 3 N–H and O–H groups in total. The molecule has 0 amide bonds. The standard InChI is InChI=1S/GeSe.H3N.Sb/c1-2;;/h;1H3;. The Morgan fingerprint density at radius 1 is 1.25 bits per heavy atom. The zero-order chi connectivity index (χ0) is 2.00. The first-order valence-corrected chi connectivity index (χ1v) is 5.51. The second-order valence-electron chi connectivity index (χ2n) is 0. The molecule has 0 aromatic carbocycles. The molecule has 5 radical (unpaired) electrons. The SMILES string of the molecule is N.[Ge]=[Se].[Sb]. The summed E-state index contributed by atoms with van der Waals surface area (Å²) in [5.41, 5.74) is 0. The Hall–Kier alpha value is 1.84. The molecule has 1 nitrogen and oxygen atoms in total. The van der Waals surface area contributed by atoms with Crippen molar-refractivity contribution in [2.75, 3.05) is 0 Å². The van der Waals surface area contributed by atoms with Crippen LogP contribution in [0.2, 0.25) is 0 Å². The second-order valence-corrected chi connectivity index (χ2v) is 0. The molecule has 0 fully saturated rings. The summed E-state index contributed by atoms with van der Waals surface area (Å²) in [5.74, 6) is 0. The molecule has 23 valence electrons. The van der Waals surface area contributed by atoms with Gasteiger partial charge in [0, 0.05) is 24.4 Å². The first kappa shape index (κ1) is 17.0. The summed E-state index contributed by atoms with van der Waals surface area (Å²) in [6.45, 7) is 0. The van der Waals surface area contributed by atoms with Crippen molar-refractivity contribution in [1.82, 2.24) is 6.15 Å². The van der Waals surface area contributed by atoms with Crippen LogP contribution in [-0.4, -0.2) is 52.1 Å². The largest absolute Gasteiger partial charge is 0 e. The van der Waals surface area contributed by atoms with Gasteiger partial charge >= 0.3 is 27.7 Å². The van der Waals surface area contributed by atoms with E-state index in [0.29, 0.717) is 0 Å². The van der Waals surface area contributed by atoms with Crippen molar-refractivity contribution in [2.24, 2.45) is 0 Å². The molecule has 0 saturated heterocycles. The fraction of sp³-hybridized carbons (Fsp3) is 0. The van der Waals surface area contributed by atoms with Gasteiger partial charge in [0.25, 0.3) is 0 Å².